The fourth-order valence-corrected chi connectivity index (χ4v) is 2.59. The average molecular weight is 334 g/mol. The molecule has 1 aliphatic rings. The number of carbonyl (C=O) groups is 2. The number of methoxy groups -OCH3 is 1. The van der Waals surface area contributed by atoms with Gasteiger partial charge < -0.3 is 19.3 Å². The van der Waals surface area contributed by atoms with Crippen molar-refractivity contribution < 1.29 is 19.1 Å². The number of hydrogen-bond donors (Lipinski definition) is 0. The van der Waals surface area contributed by atoms with Crippen molar-refractivity contribution >= 4 is 11.8 Å². The molecule has 1 aromatic carbocycles. The van der Waals surface area contributed by atoms with Crippen molar-refractivity contribution in [2.24, 2.45) is 0 Å². The molecule has 1 fully saturated rings. The topological polar surface area (TPSA) is 59.1 Å². The van der Waals surface area contributed by atoms with Gasteiger partial charge in [0.2, 0.25) is 5.91 Å². The van der Waals surface area contributed by atoms with Crippen molar-refractivity contribution in [2.45, 2.75) is 20.3 Å². The van der Waals surface area contributed by atoms with E-state index in [1.165, 1.54) is 5.56 Å². The molecule has 132 valence electrons. The van der Waals surface area contributed by atoms with Gasteiger partial charge in [-0.25, -0.2) is 0 Å². The Hall–Kier alpha value is -2.08. The molecule has 2 rings (SSSR count). The third-order valence-corrected chi connectivity index (χ3v) is 4.35. The number of carbonyl (C=O) groups excluding carboxylic acids is 2. The minimum Gasteiger partial charge on any atom is -0.484 e. The van der Waals surface area contributed by atoms with Crippen molar-refractivity contribution in [3.8, 4) is 5.75 Å². The number of piperazine rings is 1. The Bertz CT molecular complexity index is 580. The van der Waals surface area contributed by atoms with Gasteiger partial charge >= 0.3 is 0 Å². The average Bonchev–Trinajstić information content (AvgIpc) is 2.60. The molecule has 1 saturated heterocycles. The van der Waals surface area contributed by atoms with Crippen LogP contribution in [0.4, 0.5) is 0 Å². The Kier molecular flexibility index (Phi) is 6.61. The predicted octanol–water partition coefficient (Wildman–Crippen LogP) is 1.39. The summed E-state index contributed by atoms with van der Waals surface area (Å²) < 4.78 is 10.5. The van der Waals surface area contributed by atoms with E-state index >= 15 is 0 Å². The van der Waals surface area contributed by atoms with Crippen LogP contribution in [0.5, 0.6) is 5.75 Å². The summed E-state index contributed by atoms with van der Waals surface area (Å²) in [5, 5.41) is 0. The van der Waals surface area contributed by atoms with Crippen molar-refractivity contribution in [1.29, 1.82) is 0 Å². The Balaban J connectivity index is 1.76. The normalized spacial score (nSPS) is 14.6. The van der Waals surface area contributed by atoms with Crippen LogP contribution in [0.25, 0.3) is 0 Å². The van der Waals surface area contributed by atoms with E-state index in [1.807, 2.05) is 32.0 Å². The van der Waals surface area contributed by atoms with Crippen LogP contribution in [0.15, 0.2) is 18.2 Å². The first-order valence-corrected chi connectivity index (χ1v) is 8.26. The highest BCUT2D eigenvalue weighted by molar-refractivity contribution is 5.79. The molecular weight excluding hydrogens is 308 g/mol. The lowest BCUT2D eigenvalue weighted by Gasteiger charge is -2.34. The van der Waals surface area contributed by atoms with Gasteiger partial charge in [0.05, 0.1) is 13.0 Å². The Morgan fingerprint density at radius 1 is 1.00 bits per heavy atom. The smallest absolute Gasteiger partial charge is 0.260 e. The highest BCUT2D eigenvalue weighted by atomic mass is 16.5. The maximum absolute atomic E-state index is 12.2. The molecule has 1 aromatic rings. The van der Waals surface area contributed by atoms with Gasteiger partial charge in [0.1, 0.15) is 5.75 Å². The number of nitrogens with zero attached hydrogens (tertiary/aromatic N) is 2. The van der Waals surface area contributed by atoms with Gasteiger partial charge in [-0.05, 0) is 37.1 Å². The SMILES string of the molecule is COCCC(=O)N1CCN(C(=O)COc2ccc(C)c(C)c2)CC1. The van der Waals surface area contributed by atoms with E-state index < -0.39 is 0 Å². The summed E-state index contributed by atoms with van der Waals surface area (Å²) in [4.78, 5) is 27.7. The second kappa shape index (κ2) is 8.68. The maximum Gasteiger partial charge on any atom is 0.260 e. The van der Waals surface area contributed by atoms with Crippen LogP contribution < -0.4 is 4.74 Å². The van der Waals surface area contributed by atoms with Crippen LogP contribution in [-0.4, -0.2) is 68.1 Å². The van der Waals surface area contributed by atoms with Crippen LogP contribution in [0.3, 0.4) is 0 Å². The maximum atomic E-state index is 12.2. The summed E-state index contributed by atoms with van der Waals surface area (Å²) in [7, 11) is 1.58. The predicted molar refractivity (Wildman–Crippen MR) is 91.1 cm³/mol. The first-order chi connectivity index (χ1) is 11.5. The molecule has 1 heterocycles. The first kappa shape index (κ1) is 18.3. The molecular formula is C18H26N2O4. The zero-order valence-corrected chi connectivity index (χ0v) is 14.7. The van der Waals surface area contributed by atoms with E-state index in [9.17, 15) is 9.59 Å². The van der Waals surface area contributed by atoms with Gasteiger partial charge in [-0.3, -0.25) is 9.59 Å². The minimum atomic E-state index is -0.0442. The molecule has 0 radical (unpaired) electrons. The number of hydrogen-bond acceptors (Lipinski definition) is 4. The van der Waals surface area contributed by atoms with Crippen molar-refractivity contribution in [3.05, 3.63) is 29.3 Å². The van der Waals surface area contributed by atoms with Crippen LogP contribution in [0, 0.1) is 13.8 Å². The largest absolute Gasteiger partial charge is 0.484 e. The molecule has 0 N–H and O–H groups in total. The molecule has 0 aromatic heterocycles. The lowest BCUT2D eigenvalue weighted by molar-refractivity contribution is -0.141. The zero-order chi connectivity index (χ0) is 17.5. The van der Waals surface area contributed by atoms with Crippen molar-refractivity contribution in [3.63, 3.8) is 0 Å². The van der Waals surface area contributed by atoms with Gasteiger partial charge in [0.15, 0.2) is 6.61 Å². The van der Waals surface area contributed by atoms with Crippen LogP contribution in [0.2, 0.25) is 0 Å². The van der Waals surface area contributed by atoms with Gasteiger partial charge in [-0.2, -0.15) is 0 Å². The number of aryl methyl sites for hydroxylation is 2. The molecule has 6 nitrogen and oxygen atoms in total. The Morgan fingerprint density at radius 3 is 2.21 bits per heavy atom. The van der Waals surface area contributed by atoms with E-state index in [2.05, 4.69) is 0 Å². The molecule has 0 unspecified atom stereocenters. The highest BCUT2D eigenvalue weighted by Crippen LogP contribution is 2.16. The molecule has 2 amide bonds. The lowest BCUT2D eigenvalue weighted by Crippen LogP contribution is -2.51. The van der Waals surface area contributed by atoms with Crippen molar-refractivity contribution in [2.75, 3.05) is 46.5 Å². The fraction of sp³-hybridized carbons (Fsp3) is 0.556. The van der Waals surface area contributed by atoms with Gasteiger partial charge in [-0.1, -0.05) is 6.07 Å². The summed E-state index contributed by atoms with van der Waals surface area (Å²) >= 11 is 0. The number of amides is 2. The first-order valence-electron chi connectivity index (χ1n) is 8.26. The molecule has 0 aliphatic carbocycles. The summed E-state index contributed by atoms with van der Waals surface area (Å²) in [5.74, 6) is 0.743. The van der Waals surface area contributed by atoms with Crippen LogP contribution in [0.1, 0.15) is 17.5 Å². The molecule has 0 atom stereocenters. The number of ether oxygens (including phenoxy) is 2. The summed E-state index contributed by atoms with van der Waals surface area (Å²) in [6.45, 7) is 6.75. The standard InChI is InChI=1S/C18H26N2O4/c1-14-4-5-16(12-15(14)2)24-13-18(22)20-9-7-19(8-10-20)17(21)6-11-23-3/h4-5,12H,6-11,13H2,1-3H3. The molecule has 0 saturated carbocycles. The van der Waals surface area contributed by atoms with Crippen LogP contribution in [-0.2, 0) is 14.3 Å². The lowest BCUT2D eigenvalue weighted by atomic mass is 10.1. The second-order valence-corrected chi connectivity index (χ2v) is 6.04. The summed E-state index contributed by atoms with van der Waals surface area (Å²) in [6.07, 6.45) is 0.389. The summed E-state index contributed by atoms with van der Waals surface area (Å²) in [5.41, 5.74) is 2.34. The third kappa shape index (κ3) is 4.96. The monoisotopic (exact) mass is 334 g/mol. The number of benzene rings is 1. The molecule has 0 spiro atoms. The van der Waals surface area contributed by atoms with E-state index in [0.29, 0.717) is 45.0 Å². The van der Waals surface area contributed by atoms with E-state index in [0.717, 1.165) is 5.56 Å². The Morgan fingerprint density at radius 2 is 1.62 bits per heavy atom. The Labute approximate surface area is 143 Å². The van der Waals surface area contributed by atoms with Gasteiger partial charge in [0.25, 0.3) is 5.91 Å². The van der Waals surface area contributed by atoms with E-state index in [1.54, 1.807) is 16.9 Å². The van der Waals surface area contributed by atoms with Crippen LogP contribution >= 0.6 is 0 Å². The fourth-order valence-electron chi connectivity index (χ4n) is 2.59. The molecule has 6 heteroatoms. The summed E-state index contributed by atoms with van der Waals surface area (Å²) in [6, 6.07) is 5.80. The number of rotatable bonds is 6. The van der Waals surface area contributed by atoms with Gasteiger partial charge in [0, 0.05) is 33.3 Å². The molecule has 24 heavy (non-hydrogen) atoms. The highest BCUT2D eigenvalue weighted by Gasteiger charge is 2.24. The van der Waals surface area contributed by atoms with E-state index in [4.69, 9.17) is 9.47 Å². The van der Waals surface area contributed by atoms with Crippen molar-refractivity contribution in [1.82, 2.24) is 9.80 Å². The quantitative estimate of drug-likeness (QED) is 0.789. The van der Waals surface area contributed by atoms with E-state index in [-0.39, 0.29) is 18.4 Å². The minimum absolute atomic E-state index is 0.0279. The molecule has 0 bridgehead atoms. The third-order valence-electron chi connectivity index (χ3n) is 4.35. The second-order valence-electron chi connectivity index (χ2n) is 6.04. The van der Waals surface area contributed by atoms with Gasteiger partial charge in [-0.15, -0.1) is 0 Å². The molecule has 1 aliphatic heterocycles. The zero-order valence-electron chi connectivity index (χ0n) is 14.7.